The summed E-state index contributed by atoms with van der Waals surface area (Å²) in [6.07, 6.45) is 6.42. The lowest BCUT2D eigenvalue weighted by Crippen LogP contribution is -2.24. The molecule has 0 radical (unpaired) electrons. The summed E-state index contributed by atoms with van der Waals surface area (Å²) in [5.41, 5.74) is 1.87. The second-order valence-corrected chi connectivity index (χ2v) is 9.11. The van der Waals surface area contributed by atoms with Crippen LogP contribution < -0.4 is 10.3 Å². The van der Waals surface area contributed by atoms with Crippen molar-refractivity contribution in [2.24, 2.45) is 5.92 Å². The van der Waals surface area contributed by atoms with E-state index in [9.17, 15) is 4.79 Å². The van der Waals surface area contributed by atoms with Gasteiger partial charge in [0, 0.05) is 25.2 Å². The van der Waals surface area contributed by atoms with Crippen LogP contribution in [0.4, 0.5) is 0 Å². The fourth-order valence-electron chi connectivity index (χ4n) is 3.68. The van der Waals surface area contributed by atoms with Crippen LogP contribution in [0.15, 0.2) is 46.5 Å². The average molecular weight is 442 g/mol. The molecule has 2 fully saturated rings. The second-order valence-electron chi connectivity index (χ2n) is 8.05. The van der Waals surface area contributed by atoms with Gasteiger partial charge in [-0.2, -0.15) is 0 Å². The molecule has 0 unspecified atom stereocenters. The Balaban J connectivity index is 1.33. The molecule has 5 rings (SSSR count). The van der Waals surface area contributed by atoms with E-state index >= 15 is 0 Å². The highest BCUT2D eigenvalue weighted by Crippen LogP contribution is 2.30. The SMILES string of the molecule is O=c1c2[nH]ccc2nc(SCCOC2CCOCC2)n1-c1ccc(OCC2CC2)cc1. The first-order valence-corrected chi connectivity index (χ1v) is 11.9. The summed E-state index contributed by atoms with van der Waals surface area (Å²) in [6.45, 7) is 2.92. The zero-order valence-corrected chi connectivity index (χ0v) is 18.2. The number of hydrogen-bond acceptors (Lipinski definition) is 6. The third-order valence-corrected chi connectivity index (χ3v) is 6.57. The van der Waals surface area contributed by atoms with Gasteiger partial charge < -0.3 is 19.2 Å². The highest BCUT2D eigenvalue weighted by Gasteiger charge is 2.22. The monoisotopic (exact) mass is 441 g/mol. The molecule has 0 amide bonds. The summed E-state index contributed by atoms with van der Waals surface area (Å²) < 4.78 is 18.9. The van der Waals surface area contributed by atoms with Crippen molar-refractivity contribution in [2.75, 3.05) is 32.2 Å². The lowest BCUT2D eigenvalue weighted by atomic mass is 10.2. The van der Waals surface area contributed by atoms with Gasteiger partial charge in [-0.25, -0.2) is 4.98 Å². The molecule has 3 heterocycles. The predicted molar refractivity (Wildman–Crippen MR) is 120 cm³/mol. The van der Waals surface area contributed by atoms with E-state index in [1.165, 1.54) is 24.6 Å². The van der Waals surface area contributed by atoms with E-state index in [1.807, 2.05) is 30.3 Å². The standard InChI is InChI=1S/C23H27N3O4S/c27-22-21-20(7-10-24-21)25-23(31-14-13-29-19-8-11-28-12-9-19)26(22)17-3-5-18(6-4-17)30-15-16-1-2-16/h3-7,10,16,19,24H,1-2,8-9,11-15H2. The van der Waals surface area contributed by atoms with Crippen molar-refractivity contribution in [3.05, 3.63) is 46.9 Å². The molecule has 8 heteroatoms. The molecule has 1 aliphatic carbocycles. The Bertz CT molecular complexity index is 1070. The fraction of sp³-hybridized carbons (Fsp3) is 0.478. The molecule has 0 atom stereocenters. The summed E-state index contributed by atoms with van der Waals surface area (Å²) in [5.74, 6) is 2.26. The van der Waals surface area contributed by atoms with Gasteiger partial charge in [-0.1, -0.05) is 11.8 Å². The van der Waals surface area contributed by atoms with Crippen LogP contribution in [-0.2, 0) is 9.47 Å². The summed E-state index contributed by atoms with van der Waals surface area (Å²) in [5, 5.41) is 0.666. The van der Waals surface area contributed by atoms with E-state index < -0.39 is 0 Å². The summed E-state index contributed by atoms with van der Waals surface area (Å²) in [4.78, 5) is 21.0. The molecule has 0 bridgehead atoms. The summed E-state index contributed by atoms with van der Waals surface area (Å²) in [7, 11) is 0. The van der Waals surface area contributed by atoms with Gasteiger partial charge in [0.1, 0.15) is 11.3 Å². The van der Waals surface area contributed by atoms with Crippen LogP contribution >= 0.6 is 11.8 Å². The minimum Gasteiger partial charge on any atom is -0.493 e. The lowest BCUT2D eigenvalue weighted by molar-refractivity contribution is -0.0264. The molecule has 1 saturated heterocycles. The number of rotatable bonds is 9. The predicted octanol–water partition coefficient (Wildman–Crippen LogP) is 3.79. The molecule has 1 aliphatic heterocycles. The first kappa shape index (κ1) is 20.6. The molecule has 0 spiro atoms. The number of nitrogens with zero attached hydrogens (tertiary/aromatic N) is 2. The lowest BCUT2D eigenvalue weighted by Gasteiger charge is -2.22. The van der Waals surface area contributed by atoms with Crippen molar-refractivity contribution in [3.8, 4) is 11.4 Å². The quantitative estimate of drug-likeness (QED) is 0.309. The van der Waals surface area contributed by atoms with E-state index in [1.54, 1.807) is 10.8 Å². The van der Waals surface area contributed by atoms with Crippen molar-refractivity contribution in [1.82, 2.24) is 14.5 Å². The number of aromatic amines is 1. The molecule has 31 heavy (non-hydrogen) atoms. The van der Waals surface area contributed by atoms with E-state index in [2.05, 4.69) is 4.98 Å². The van der Waals surface area contributed by atoms with Gasteiger partial charge in [0.15, 0.2) is 5.16 Å². The van der Waals surface area contributed by atoms with Crippen LogP contribution in [0.5, 0.6) is 5.75 Å². The highest BCUT2D eigenvalue weighted by atomic mass is 32.2. The maximum absolute atomic E-state index is 13.2. The Kier molecular flexibility index (Phi) is 6.29. The van der Waals surface area contributed by atoms with Gasteiger partial charge in [0.05, 0.1) is 30.5 Å². The molecule has 1 N–H and O–H groups in total. The van der Waals surface area contributed by atoms with Crippen molar-refractivity contribution >= 4 is 22.8 Å². The van der Waals surface area contributed by atoms with Crippen LogP contribution in [0.1, 0.15) is 25.7 Å². The number of ether oxygens (including phenoxy) is 3. The van der Waals surface area contributed by atoms with E-state index in [4.69, 9.17) is 19.2 Å². The second kappa shape index (κ2) is 9.46. The number of nitrogens with one attached hydrogen (secondary N) is 1. The average Bonchev–Trinajstić information content (AvgIpc) is 3.51. The van der Waals surface area contributed by atoms with Crippen molar-refractivity contribution in [3.63, 3.8) is 0 Å². The third-order valence-electron chi connectivity index (χ3n) is 5.66. The van der Waals surface area contributed by atoms with Crippen molar-refractivity contribution in [1.29, 1.82) is 0 Å². The molecule has 1 aromatic carbocycles. The topological polar surface area (TPSA) is 78.4 Å². The van der Waals surface area contributed by atoms with Crippen LogP contribution in [-0.4, -0.2) is 52.8 Å². The van der Waals surface area contributed by atoms with Crippen LogP contribution in [0.2, 0.25) is 0 Å². The molecule has 3 aromatic rings. The Morgan fingerprint density at radius 1 is 1.13 bits per heavy atom. The minimum atomic E-state index is -0.102. The number of benzene rings is 1. The first-order valence-electron chi connectivity index (χ1n) is 10.9. The maximum Gasteiger partial charge on any atom is 0.283 e. The smallest absolute Gasteiger partial charge is 0.283 e. The largest absolute Gasteiger partial charge is 0.493 e. The van der Waals surface area contributed by atoms with E-state index in [0.29, 0.717) is 28.7 Å². The van der Waals surface area contributed by atoms with Gasteiger partial charge in [-0.3, -0.25) is 9.36 Å². The first-order chi connectivity index (χ1) is 15.3. The number of aromatic nitrogens is 3. The third kappa shape index (κ3) is 4.97. The number of thioether (sulfide) groups is 1. The normalized spacial score (nSPS) is 17.3. The Hall–Kier alpha value is -2.29. The Morgan fingerprint density at radius 2 is 1.94 bits per heavy atom. The number of hydrogen-bond donors (Lipinski definition) is 1. The van der Waals surface area contributed by atoms with E-state index in [0.717, 1.165) is 49.9 Å². The van der Waals surface area contributed by atoms with Crippen LogP contribution in [0.25, 0.3) is 16.7 Å². The Labute approximate surface area is 185 Å². The molecule has 1 saturated carbocycles. The molecule has 2 aliphatic rings. The van der Waals surface area contributed by atoms with Gasteiger partial charge in [0.2, 0.25) is 0 Å². The highest BCUT2D eigenvalue weighted by molar-refractivity contribution is 7.99. The minimum absolute atomic E-state index is 0.102. The van der Waals surface area contributed by atoms with Gasteiger partial charge >= 0.3 is 0 Å². The summed E-state index contributed by atoms with van der Waals surface area (Å²) >= 11 is 1.54. The van der Waals surface area contributed by atoms with E-state index in [-0.39, 0.29) is 11.7 Å². The molecule has 7 nitrogen and oxygen atoms in total. The van der Waals surface area contributed by atoms with Crippen LogP contribution in [0, 0.1) is 5.92 Å². The van der Waals surface area contributed by atoms with Gasteiger partial charge in [0.25, 0.3) is 5.56 Å². The number of H-pyrrole nitrogens is 1. The fourth-order valence-corrected chi connectivity index (χ4v) is 4.52. The molecule has 164 valence electrons. The summed E-state index contributed by atoms with van der Waals surface area (Å²) in [6, 6.07) is 9.52. The zero-order valence-electron chi connectivity index (χ0n) is 17.4. The van der Waals surface area contributed by atoms with Crippen LogP contribution in [0.3, 0.4) is 0 Å². The van der Waals surface area contributed by atoms with Crippen molar-refractivity contribution in [2.45, 2.75) is 36.9 Å². The maximum atomic E-state index is 13.2. The van der Waals surface area contributed by atoms with Gasteiger partial charge in [-0.05, 0) is 61.9 Å². The number of fused-ring (bicyclic) bond motifs is 1. The Morgan fingerprint density at radius 3 is 2.71 bits per heavy atom. The molecule has 2 aromatic heterocycles. The zero-order chi connectivity index (χ0) is 21.0. The molecular formula is C23H27N3O4S. The van der Waals surface area contributed by atoms with Gasteiger partial charge in [-0.15, -0.1) is 0 Å². The van der Waals surface area contributed by atoms with Crippen molar-refractivity contribution < 1.29 is 14.2 Å². The molecular weight excluding hydrogens is 414 g/mol.